The van der Waals surface area contributed by atoms with Gasteiger partial charge in [0, 0.05) is 25.7 Å². The Bertz CT molecular complexity index is 1850. The van der Waals surface area contributed by atoms with E-state index in [9.17, 15) is 43.2 Å². The maximum Gasteiger partial charge on any atom is 0.472 e. The van der Waals surface area contributed by atoms with E-state index in [2.05, 4.69) is 48.5 Å². The Labute approximate surface area is 581 Å². The van der Waals surface area contributed by atoms with Crippen molar-refractivity contribution in [3.8, 4) is 0 Å². The van der Waals surface area contributed by atoms with Crippen LogP contribution in [0.2, 0.25) is 0 Å². The van der Waals surface area contributed by atoms with Gasteiger partial charge in [-0.25, -0.2) is 9.13 Å². The summed E-state index contributed by atoms with van der Waals surface area (Å²) >= 11 is 0. The number of phosphoric acid groups is 2. The second-order valence-electron chi connectivity index (χ2n) is 28.8. The Morgan fingerprint density at radius 3 is 0.716 bits per heavy atom. The molecule has 0 aromatic heterocycles. The van der Waals surface area contributed by atoms with Gasteiger partial charge in [0.05, 0.1) is 26.4 Å². The lowest BCUT2D eigenvalue weighted by Crippen LogP contribution is -2.30. The number of hydrogen-bond donors (Lipinski definition) is 3. The molecule has 5 atom stereocenters. The highest BCUT2D eigenvalue weighted by Crippen LogP contribution is 2.45. The van der Waals surface area contributed by atoms with E-state index in [4.69, 9.17) is 37.0 Å². The van der Waals surface area contributed by atoms with Crippen molar-refractivity contribution in [3.63, 3.8) is 0 Å². The van der Waals surface area contributed by atoms with Gasteiger partial charge >= 0.3 is 39.5 Å². The van der Waals surface area contributed by atoms with E-state index in [1.54, 1.807) is 0 Å². The van der Waals surface area contributed by atoms with Crippen molar-refractivity contribution in [2.24, 2.45) is 17.8 Å². The molecule has 0 spiro atoms. The zero-order chi connectivity index (χ0) is 70.1. The van der Waals surface area contributed by atoms with Gasteiger partial charge in [0.25, 0.3) is 0 Å². The van der Waals surface area contributed by atoms with Crippen molar-refractivity contribution >= 4 is 39.5 Å². The number of aliphatic hydroxyl groups is 1. The monoisotopic (exact) mass is 1400 g/mol. The van der Waals surface area contributed by atoms with Crippen LogP contribution in [0.25, 0.3) is 0 Å². The van der Waals surface area contributed by atoms with Gasteiger partial charge in [0.15, 0.2) is 12.2 Å². The van der Waals surface area contributed by atoms with E-state index in [0.29, 0.717) is 25.7 Å². The van der Waals surface area contributed by atoms with E-state index in [1.165, 1.54) is 199 Å². The van der Waals surface area contributed by atoms with E-state index in [-0.39, 0.29) is 25.7 Å². The van der Waals surface area contributed by atoms with Crippen LogP contribution < -0.4 is 0 Å². The maximum atomic E-state index is 13.1. The molecule has 0 aromatic carbocycles. The molecule has 0 aromatic rings. The first-order chi connectivity index (χ1) is 45.7. The van der Waals surface area contributed by atoms with Crippen LogP contribution in [0.5, 0.6) is 0 Å². The van der Waals surface area contributed by atoms with Crippen molar-refractivity contribution in [2.75, 3.05) is 39.6 Å². The number of phosphoric ester groups is 2. The van der Waals surface area contributed by atoms with Crippen LogP contribution in [-0.2, 0) is 65.4 Å². The lowest BCUT2D eigenvalue weighted by atomic mass is 10.0. The molecule has 19 heteroatoms. The summed E-state index contributed by atoms with van der Waals surface area (Å²) in [5, 5.41) is 10.6. The number of carbonyl (C=O) groups excluding carboxylic acids is 4. The Balaban J connectivity index is 5.27. The van der Waals surface area contributed by atoms with Gasteiger partial charge in [-0.3, -0.25) is 37.3 Å². The van der Waals surface area contributed by atoms with Crippen LogP contribution in [-0.4, -0.2) is 96.7 Å². The van der Waals surface area contributed by atoms with E-state index in [0.717, 1.165) is 108 Å². The molecule has 0 rings (SSSR count). The molecular formula is C76H148O17P2. The summed E-state index contributed by atoms with van der Waals surface area (Å²) < 4.78 is 68.6. The molecule has 0 aliphatic carbocycles. The van der Waals surface area contributed by atoms with Crippen LogP contribution in [0.15, 0.2) is 0 Å². The first-order valence-electron chi connectivity index (χ1n) is 39.3. The molecule has 95 heavy (non-hydrogen) atoms. The number of ether oxygens (including phenoxy) is 4. The zero-order valence-electron chi connectivity index (χ0n) is 62.1. The third-order valence-electron chi connectivity index (χ3n) is 17.6. The minimum absolute atomic E-state index is 0.107. The Morgan fingerprint density at radius 2 is 0.484 bits per heavy atom. The third kappa shape index (κ3) is 70.3. The maximum absolute atomic E-state index is 13.1. The lowest BCUT2D eigenvalue weighted by molar-refractivity contribution is -0.161. The van der Waals surface area contributed by atoms with Gasteiger partial charge < -0.3 is 33.8 Å². The van der Waals surface area contributed by atoms with Crippen molar-refractivity contribution in [1.82, 2.24) is 0 Å². The topological polar surface area (TPSA) is 237 Å². The molecule has 0 fully saturated rings. The SMILES string of the molecule is CCCCCCCCCCCCCCCC(=O)O[C@H](COC(=O)CCCCCCCCCCCC(C)C)COP(=O)(O)OC[C@H](O)COP(=O)(O)OC[C@@H](COC(=O)CCCCCCCCCCCCCC(C)C)OC(=O)CCCCCCCCCCCCCCCC(C)C. The first-order valence-corrected chi connectivity index (χ1v) is 42.3. The van der Waals surface area contributed by atoms with Gasteiger partial charge in [-0.1, -0.05) is 337 Å². The number of rotatable bonds is 74. The minimum atomic E-state index is -4.96. The molecule has 0 bridgehead atoms. The molecule has 0 heterocycles. The number of unbranched alkanes of at least 4 members (excludes halogenated alkanes) is 42. The average molecular weight is 1400 g/mol. The van der Waals surface area contributed by atoms with Crippen molar-refractivity contribution in [2.45, 2.75) is 407 Å². The van der Waals surface area contributed by atoms with E-state index < -0.39 is 97.5 Å². The molecule has 0 saturated carbocycles. The fourth-order valence-electron chi connectivity index (χ4n) is 11.6. The Kier molecular flexibility index (Phi) is 65.2. The smallest absolute Gasteiger partial charge is 0.462 e. The molecule has 0 aliphatic heterocycles. The van der Waals surface area contributed by atoms with E-state index >= 15 is 0 Å². The summed E-state index contributed by atoms with van der Waals surface area (Å²) in [5.41, 5.74) is 0. The summed E-state index contributed by atoms with van der Waals surface area (Å²) in [5.74, 6) is 0.186. The van der Waals surface area contributed by atoms with Gasteiger partial charge in [0.2, 0.25) is 0 Å². The molecule has 3 N–H and O–H groups in total. The predicted octanol–water partition coefficient (Wildman–Crippen LogP) is 22.2. The highest BCUT2D eigenvalue weighted by Gasteiger charge is 2.30. The predicted molar refractivity (Wildman–Crippen MR) is 386 cm³/mol. The number of aliphatic hydroxyl groups excluding tert-OH is 1. The van der Waals surface area contributed by atoms with Crippen molar-refractivity contribution < 1.29 is 80.2 Å². The zero-order valence-corrected chi connectivity index (χ0v) is 63.9. The standard InChI is InChI=1S/C76H148O17P2/c1-8-9-10-11-12-13-14-16-22-30-38-45-52-59-75(80)93-72(64-87-74(79)58-51-44-37-32-25-28-35-42-49-56-69(6)7)66-91-95(84,85)89-62-70(77)61-88-94(82,83)90-65-71(63-86-73(78)57-50-43-36-29-24-19-21-27-34-41-48-55-68(4)5)92-76(81)60-53-46-39-31-23-18-15-17-20-26-33-40-47-54-67(2)3/h67-72,77H,8-66H2,1-7H3,(H,82,83)(H,84,85)/t70-,71-,72-/m1/s1. The highest BCUT2D eigenvalue weighted by atomic mass is 31.2. The lowest BCUT2D eigenvalue weighted by Gasteiger charge is -2.21. The largest absolute Gasteiger partial charge is 0.472 e. The Morgan fingerprint density at radius 1 is 0.284 bits per heavy atom. The van der Waals surface area contributed by atoms with Crippen molar-refractivity contribution in [1.29, 1.82) is 0 Å². The fraction of sp³-hybridized carbons (Fsp3) is 0.947. The third-order valence-corrected chi connectivity index (χ3v) is 19.5. The summed E-state index contributed by atoms with van der Waals surface area (Å²) in [7, 11) is -9.91. The molecule has 0 amide bonds. The average Bonchev–Trinajstić information content (AvgIpc) is 1.54. The van der Waals surface area contributed by atoms with Crippen LogP contribution >= 0.6 is 15.6 Å². The van der Waals surface area contributed by atoms with Crippen LogP contribution in [0.3, 0.4) is 0 Å². The second-order valence-corrected chi connectivity index (χ2v) is 31.7. The Hall–Kier alpha value is -1.94. The highest BCUT2D eigenvalue weighted by molar-refractivity contribution is 7.47. The quantitative estimate of drug-likeness (QED) is 0.0222. The first kappa shape index (κ1) is 93.1. The summed E-state index contributed by atoms with van der Waals surface area (Å²) in [4.78, 5) is 72.8. The molecule has 0 saturated heterocycles. The summed E-state index contributed by atoms with van der Waals surface area (Å²) in [6, 6.07) is 0. The number of esters is 4. The van der Waals surface area contributed by atoms with E-state index in [1.807, 2.05) is 0 Å². The van der Waals surface area contributed by atoms with Gasteiger partial charge in [-0.05, 0) is 43.4 Å². The molecular weight excluding hydrogens is 1250 g/mol. The fourth-order valence-corrected chi connectivity index (χ4v) is 13.2. The molecule has 0 aliphatic rings. The molecule has 2 unspecified atom stereocenters. The molecule has 17 nitrogen and oxygen atoms in total. The van der Waals surface area contributed by atoms with Crippen LogP contribution in [0.1, 0.15) is 389 Å². The van der Waals surface area contributed by atoms with Crippen LogP contribution in [0, 0.1) is 17.8 Å². The van der Waals surface area contributed by atoms with Gasteiger partial charge in [-0.15, -0.1) is 0 Å². The second kappa shape index (κ2) is 66.6. The van der Waals surface area contributed by atoms with Gasteiger partial charge in [0.1, 0.15) is 19.3 Å². The van der Waals surface area contributed by atoms with Crippen molar-refractivity contribution in [3.05, 3.63) is 0 Å². The molecule has 0 radical (unpaired) electrons. The van der Waals surface area contributed by atoms with Gasteiger partial charge in [-0.2, -0.15) is 0 Å². The number of carbonyl (C=O) groups is 4. The summed E-state index contributed by atoms with van der Waals surface area (Å²) in [6.07, 6.45) is 52.6. The molecule has 564 valence electrons. The van der Waals surface area contributed by atoms with Crippen LogP contribution in [0.4, 0.5) is 0 Å². The minimum Gasteiger partial charge on any atom is -0.462 e. The number of hydrogen-bond acceptors (Lipinski definition) is 15. The summed E-state index contributed by atoms with van der Waals surface area (Å²) in [6.45, 7) is 11.9. The normalized spacial score (nSPS) is 14.1.